The first kappa shape index (κ1) is 15.0. The van der Waals surface area contributed by atoms with Gasteiger partial charge in [0.25, 0.3) is 0 Å². The average Bonchev–Trinajstić information content (AvgIpc) is 3.35. The van der Waals surface area contributed by atoms with Gasteiger partial charge in [0.05, 0.1) is 6.61 Å². The molecule has 1 fully saturated rings. The fourth-order valence-electron chi connectivity index (χ4n) is 3.48. The summed E-state index contributed by atoms with van der Waals surface area (Å²) in [6.45, 7) is 6.42. The zero-order valence-corrected chi connectivity index (χ0v) is 13.3. The summed E-state index contributed by atoms with van der Waals surface area (Å²) in [4.78, 5) is 2.63. The van der Waals surface area contributed by atoms with E-state index in [1.54, 1.807) is 7.11 Å². The molecule has 0 radical (unpaired) electrons. The number of nitrogens with zero attached hydrogens (tertiary/aromatic N) is 1. The van der Waals surface area contributed by atoms with Crippen molar-refractivity contribution in [1.82, 2.24) is 10.2 Å². The molecule has 0 bridgehead atoms. The highest BCUT2D eigenvalue weighted by molar-refractivity contribution is 5.30. The summed E-state index contributed by atoms with van der Waals surface area (Å²) in [5.74, 6) is 0.915. The third-order valence-electron chi connectivity index (χ3n) is 5.08. The molecule has 1 aromatic carbocycles. The van der Waals surface area contributed by atoms with Crippen LogP contribution in [0.2, 0.25) is 0 Å². The van der Waals surface area contributed by atoms with Crippen LogP contribution in [0.25, 0.3) is 0 Å². The Balaban J connectivity index is 1.60. The van der Waals surface area contributed by atoms with E-state index in [1.807, 2.05) is 0 Å². The number of methoxy groups -OCH3 is 1. The number of fused-ring (bicyclic) bond motifs is 1. The number of benzene rings is 1. The molecule has 1 N–H and O–H groups in total. The zero-order chi connectivity index (χ0) is 14.7. The Morgan fingerprint density at radius 2 is 2.05 bits per heavy atom. The summed E-state index contributed by atoms with van der Waals surface area (Å²) in [5.41, 5.74) is 2.99. The molecule has 3 nitrogen and oxygen atoms in total. The molecule has 0 aromatic heterocycles. The van der Waals surface area contributed by atoms with Crippen molar-refractivity contribution < 1.29 is 4.74 Å². The maximum absolute atomic E-state index is 5.31. The molecule has 1 heterocycles. The van der Waals surface area contributed by atoms with E-state index in [0.717, 1.165) is 38.6 Å². The highest BCUT2D eigenvalue weighted by atomic mass is 16.5. The number of rotatable bonds is 7. The third-order valence-corrected chi connectivity index (χ3v) is 5.08. The predicted octanol–water partition coefficient (Wildman–Crippen LogP) is 2.45. The van der Waals surface area contributed by atoms with Crippen LogP contribution in [-0.4, -0.2) is 43.8 Å². The van der Waals surface area contributed by atoms with Crippen LogP contribution in [-0.2, 0) is 17.7 Å². The van der Waals surface area contributed by atoms with Gasteiger partial charge in [-0.25, -0.2) is 0 Å². The Kier molecular flexibility index (Phi) is 4.94. The largest absolute Gasteiger partial charge is 0.383 e. The van der Waals surface area contributed by atoms with Gasteiger partial charge in [-0.05, 0) is 43.2 Å². The molecule has 0 amide bonds. The van der Waals surface area contributed by atoms with Crippen molar-refractivity contribution in [2.75, 3.05) is 26.8 Å². The molecule has 3 heteroatoms. The fourth-order valence-corrected chi connectivity index (χ4v) is 3.48. The Morgan fingerprint density at radius 1 is 1.29 bits per heavy atom. The van der Waals surface area contributed by atoms with E-state index in [-0.39, 0.29) is 0 Å². The monoisotopic (exact) mass is 288 g/mol. The molecule has 1 aliphatic carbocycles. The molecular weight excluding hydrogens is 260 g/mol. The second kappa shape index (κ2) is 6.91. The molecule has 21 heavy (non-hydrogen) atoms. The maximum Gasteiger partial charge on any atom is 0.0589 e. The molecule has 2 unspecified atom stereocenters. The molecular formula is C18H28N2O. The van der Waals surface area contributed by atoms with E-state index in [0.29, 0.717) is 12.1 Å². The topological polar surface area (TPSA) is 24.5 Å². The van der Waals surface area contributed by atoms with Gasteiger partial charge in [0.1, 0.15) is 0 Å². The van der Waals surface area contributed by atoms with Crippen molar-refractivity contribution in [3.8, 4) is 0 Å². The Bertz CT molecular complexity index is 458. The first-order chi connectivity index (χ1) is 10.3. The number of nitrogens with one attached hydrogen (secondary N) is 1. The maximum atomic E-state index is 5.31. The Hall–Kier alpha value is -0.900. The lowest BCUT2D eigenvalue weighted by molar-refractivity contribution is 0.107. The van der Waals surface area contributed by atoms with E-state index in [4.69, 9.17) is 4.74 Å². The van der Waals surface area contributed by atoms with E-state index >= 15 is 0 Å². The van der Waals surface area contributed by atoms with Crippen molar-refractivity contribution in [3.05, 3.63) is 35.4 Å². The van der Waals surface area contributed by atoms with E-state index in [9.17, 15) is 0 Å². The summed E-state index contributed by atoms with van der Waals surface area (Å²) in [5, 5.41) is 3.71. The molecule has 2 aliphatic rings. The van der Waals surface area contributed by atoms with Crippen LogP contribution in [0.1, 0.15) is 30.9 Å². The van der Waals surface area contributed by atoms with Gasteiger partial charge < -0.3 is 10.1 Å². The lowest BCUT2D eigenvalue weighted by Gasteiger charge is -2.35. The minimum atomic E-state index is 0.568. The predicted molar refractivity (Wildman–Crippen MR) is 86.4 cm³/mol. The molecule has 1 aliphatic heterocycles. The zero-order valence-electron chi connectivity index (χ0n) is 13.3. The van der Waals surface area contributed by atoms with Crippen LogP contribution < -0.4 is 5.32 Å². The number of ether oxygens (including phenoxy) is 1. The van der Waals surface area contributed by atoms with Gasteiger partial charge in [-0.1, -0.05) is 24.3 Å². The summed E-state index contributed by atoms with van der Waals surface area (Å²) in [6, 6.07) is 10.1. The van der Waals surface area contributed by atoms with Gasteiger partial charge in [-0.3, -0.25) is 4.90 Å². The Labute approximate surface area is 128 Å². The molecule has 116 valence electrons. The van der Waals surface area contributed by atoms with E-state index in [1.165, 1.54) is 24.0 Å². The Morgan fingerprint density at radius 3 is 2.76 bits per heavy atom. The van der Waals surface area contributed by atoms with Crippen LogP contribution in [0.15, 0.2) is 24.3 Å². The standard InChI is InChI=1S/C18H28N2O/c1-14(15-7-8-15)20(9-10-21-2)13-18-11-16-5-3-4-6-17(16)12-19-18/h3-6,14-15,18-19H,7-13H2,1-2H3. The number of hydrogen-bond acceptors (Lipinski definition) is 3. The molecule has 1 aromatic rings. The summed E-state index contributed by atoms with van der Waals surface area (Å²) < 4.78 is 5.31. The van der Waals surface area contributed by atoms with Gasteiger partial charge >= 0.3 is 0 Å². The van der Waals surface area contributed by atoms with Crippen molar-refractivity contribution in [2.45, 2.75) is 44.8 Å². The van der Waals surface area contributed by atoms with Gasteiger partial charge in [0, 0.05) is 38.8 Å². The molecule has 2 atom stereocenters. The van der Waals surface area contributed by atoms with Crippen LogP contribution in [0.5, 0.6) is 0 Å². The smallest absolute Gasteiger partial charge is 0.0589 e. The quantitative estimate of drug-likeness (QED) is 0.834. The second-order valence-electron chi connectivity index (χ2n) is 6.62. The van der Waals surface area contributed by atoms with Gasteiger partial charge in [-0.2, -0.15) is 0 Å². The van der Waals surface area contributed by atoms with Crippen molar-refractivity contribution >= 4 is 0 Å². The van der Waals surface area contributed by atoms with Gasteiger partial charge in [-0.15, -0.1) is 0 Å². The SMILES string of the molecule is COCCN(CC1Cc2ccccc2CN1)C(C)C1CC1. The highest BCUT2D eigenvalue weighted by Crippen LogP contribution is 2.35. The minimum Gasteiger partial charge on any atom is -0.383 e. The molecule has 0 saturated heterocycles. The van der Waals surface area contributed by atoms with Crippen molar-refractivity contribution in [3.63, 3.8) is 0 Å². The van der Waals surface area contributed by atoms with Crippen molar-refractivity contribution in [1.29, 1.82) is 0 Å². The lowest BCUT2D eigenvalue weighted by Crippen LogP contribution is -2.48. The minimum absolute atomic E-state index is 0.568. The van der Waals surface area contributed by atoms with Crippen LogP contribution in [0, 0.1) is 5.92 Å². The van der Waals surface area contributed by atoms with Crippen molar-refractivity contribution in [2.24, 2.45) is 5.92 Å². The van der Waals surface area contributed by atoms with Crippen LogP contribution >= 0.6 is 0 Å². The van der Waals surface area contributed by atoms with E-state index in [2.05, 4.69) is 41.4 Å². The summed E-state index contributed by atoms with van der Waals surface area (Å²) in [7, 11) is 1.80. The highest BCUT2D eigenvalue weighted by Gasteiger charge is 2.33. The summed E-state index contributed by atoms with van der Waals surface area (Å²) >= 11 is 0. The summed E-state index contributed by atoms with van der Waals surface area (Å²) in [6.07, 6.45) is 3.97. The second-order valence-corrected chi connectivity index (χ2v) is 6.62. The molecule has 3 rings (SSSR count). The first-order valence-corrected chi connectivity index (χ1v) is 8.31. The third kappa shape index (κ3) is 3.85. The average molecular weight is 288 g/mol. The molecule has 0 spiro atoms. The fraction of sp³-hybridized carbons (Fsp3) is 0.667. The lowest BCUT2D eigenvalue weighted by atomic mass is 9.95. The normalized spacial score (nSPS) is 23.1. The van der Waals surface area contributed by atoms with Crippen LogP contribution in [0.3, 0.4) is 0 Å². The molecule has 1 saturated carbocycles. The van der Waals surface area contributed by atoms with E-state index < -0.39 is 0 Å². The first-order valence-electron chi connectivity index (χ1n) is 8.31. The van der Waals surface area contributed by atoms with Crippen LogP contribution in [0.4, 0.5) is 0 Å². The van der Waals surface area contributed by atoms with Gasteiger partial charge in [0.15, 0.2) is 0 Å². The number of hydrogen-bond donors (Lipinski definition) is 1. The van der Waals surface area contributed by atoms with Gasteiger partial charge in [0.2, 0.25) is 0 Å².